The topological polar surface area (TPSA) is 394 Å². The van der Waals surface area contributed by atoms with Gasteiger partial charge in [-0.15, -0.1) is 0 Å². The van der Waals surface area contributed by atoms with E-state index in [9.17, 15) is 71.9 Å². The molecule has 5 aliphatic heterocycles. The maximum Gasteiger partial charge on any atom is 0.310 e. The van der Waals surface area contributed by atoms with Crippen LogP contribution in [0.3, 0.4) is 0 Å². The van der Waals surface area contributed by atoms with Gasteiger partial charge in [0.05, 0.1) is 102 Å². The molecule has 12 aliphatic carbocycles. The number of ether oxygens (including phenoxy) is 15. The quantitative estimate of drug-likeness (QED) is 0.0679. The molecular formula is C88H122O30. The fraction of sp³-hybridized carbons (Fsp3) is 0.830. The van der Waals surface area contributed by atoms with Crippen LogP contribution in [0, 0.1) is 148 Å². The molecule has 5 heterocycles. The Morgan fingerprint density at radius 3 is 0.780 bits per heavy atom. The monoisotopic (exact) mass is 1660 g/mol. The molecule has 30 nitrogen and oxygen atoms in total. The highest BCUT2D eigenvalue weighted by Crippen LogP contribution is 2.64. The molecule has 30 heteroatoms. The van der Waals surface area contributed by atoms with Crippen molar-refractivity contribution in [1.82, 2.24) is 0 Å². The molecule has 0 radical (unpaired) electrons. The van der Waals surface area contributed by atoms with E-state index in [1.165, 1.54) is 13.5 Å². The van der Waals surface area contributed by atoms with Crippen molar-refractivity contribution < 1.29 is 143 Å². The highest BCUT2D eigenvalue weighted by molar-refractivity contribution is 5.90. The van der Waals surface area contributed by atoms with Gasteiger partial charge in [0.15, 0.2) is 0 Å². The van der Waals surface area contributed by atoms with Crippen molar-refractivity contribution >= 4 is 89.5 Å². The molecule has 0 N–H and O–H groups in total. The summed E-state index contributed by atoms with van der Waals surface area (Å²) in [6.07, 6.45) is 11.4. The van der Waals surface area contributed by atoms with Crippen LogP contribution in [0.5, 0.6) is 0 Å². The minimum absolute atomic E-state index is 0.0200. The summed E-state index contributed by atoms with van der Waals surface area (Å²) in [6, 6.07) is 0. The molecule has 0 aromatic carbocycles. The SMILES string of the molecule is CCC(C)C(=O)OC1C2CC3C1OC(=O)C3C2C(=O)OC.CCC(C)C(=O)OC1C2CC3C1OC(=O)C3C2C(=O)OC(C)(C)C.CCC(C)C(=O)OC1C2CC3C1OC(=O)C3C2C(=O)OC1CCCC1.CCC(C)C(=O)OC1C2CC3C1OC(=O)C3C2C(=O)OC1CCCCC1.CCOC(=O)C1C2CC3C(OC(=O)C31)C2OC(=O)C(C)CC. The van der Waals surface area contributed by atoms with E-state index in [2.05, 4.69) is 0 Å². The van der Waals surface area contributed by atoms with Crippen LogP contribution in [0.15, 0.2) is 0 Å². The number of fused-ring (bicyclic) bond motifs is 5. The van der Waals surface area contributed by atoms with Crippen LogP contribution >= 0.6 is 0 Å². The largest absolute Gasteiger partial charge is 0.469 e. The van der Waals surface area contributed by atoms with Gasteiger partial charge in [-0.05, 0) is 143 Å². The summed E-state index contributed by atoms with van der Waals surface area (Å²) < 4.78 is 82.4. The molecule has 0 aromatic heterocycles. The molecule has 654 valence electrons. The molecule has 35 atom stereocenters. The van der Waals surface area contributed by atoms with E-state index in [-0.39, 0.29) is 216 Å². The Morgan fingerprint density at radius 1 is 0.322 bits per heavy atom. The van der Waals surface area contributed by atoms with Crippen molar-refractivity contribution in [3.05, 3.63) is 0 Å². The van der Waals surface area contributed by atoms with Gasteiger partial charge in [-0.2, -0.15) is 0 Å². The van der Waals surface area contributed by atoms with Gasteiger partial charge in [-0.3, -0.25) is 71.9 Å². The Balaban J connectivity index is 0.000000128. The van der Waals surface area contributed by atoms with Gasteiger partial charge in [0.2, 0.25) is 0 Å². The Morgan fingerprint density at radius 2 is 0.551 bits per heavy atom. The second kappa shape index (κ2) is 35.6. The Hall–Kier alpha value is -7.95. The lowest BCUT2D eigenvalue weighted by Gasteiger charge is -2.32. The fourth-order valence-corrected chi connectivity index (χ4v) is 22.8. The van der Waals surface area contributed by atoms with Crippen molar-refractivity contribution in [1.29, 1.82) is 0 Å². The number of carbonyl (C=O) groups is 15. The minimum Gasteiger partial charge on any atom is -0.469 e. The Bertz CT molecular complexity index is 3850. The van der Waals surface area contributed by atoms with Crippen LogP contribution in [0.1, 0.15) is 219 Å². The molecule has 5 saturated heterocycles. The average molecular weight is 1660 g/mol. The molecule has 118 heavy (non-hydrogen) atoms. The van der Waals surface area contributed by atoms with Crippen LogP contribution in [0.4, 0.5) is 0 Å². The van der Waals surface area contributed by atoms with Gasteiger partial charge in [0.25, 0.3) is 0 Å². The zero-order chi connectivity index (χ0) is 85.3. The summed E-state index contributed by atoms with van der Waals surface area (Å²) in [4.78, 5) is 184. The molecule has 12 saturated carbocycles. The molecule has 17 aliphatic rings. The molecule has 0 spiro atoms. The standard InChI is InChI=1S/C20H28O6.C19H26O6.C18H26O6.C16H22O6.C15H20O6/c1-3-10(2)18(21)25-16-12-9-13-15(20(23)26-17(13)16)14(12)19(22)24-11-7-5-4-6-8-11;1-3-9(2)17(20)24-15-11-8-12-14(19(22)25-16(12)15)13(11)18(21)23-10-6-4-5-7-10;1-6-8(2)15(19)22-13-10-7-9-11(16(20)23-14(9)13)12(10)17(21)24-18(3,4)5;1-4-7(3)14(17)21-12-8-6-9-11(16(19)22-13(9)12)10(8)15(18)20-5-2;1-4-6(2)13(16)20-11-7-5-8-10(9(7)14(17)19-3)15(18)21-12(8)11/h10-17H,3-9H2,1-2H3;9-16H,3-8H2,1-2H3;8-14H,6-7H2,1-5H3;7-13H,4-6H2,1-3H3;6-12H,4-5H2,1-3H3. The lowest BCUT2D eigenvalue weighted by Crippen LogP contribution is -2.45. The van der Waals surface area contributed by atoms with Gasteiger partial charge in [0.1, 0.15) is 78.8 Å². The van der Waals surface area contributed by atoms with Crippen molar-refractivity contribution in [3.8, 4) is 0 Å². The van der Waals surface area contributed by atoms with Crippen molar-refractivity contribution in [2.75, 3.05) is 13.7 Å². The van der Waals surface area contributed by atoms with E-state index in [1.54, 1.807) is 34.6 Å². The Kier molecular flexibility index (Phi) is 26.5. The third kappa shape index (κ3) is 16.4. The summed E-state index contributed by atoms with van der Waals surface area (Å²) in [5.74, 6) is -11.7. The predicted octanol–water partition coefficient (Wildman–Crippen LogP) is 9.20. The lowest BCUT2D eigenvalue weighted by atomic mass is 9.78. The summed E-state index contributed by atoms with van der Waals surface area (Å²) in [6.45, 7) is 26.1. The first kappa shape index (κ1) is 87.9. The van der Waals surface area contributed by atoms with Crippen LogP contribution in [0.2, 0.25) is 0 Å². The summed E-state index contributed by atoms with van der Waals surface area (Å²) in [7, 11) is 1.31. The highest BCUT2D eigenvalue weighted by Gasteiger charge is 2.75. The van der Waals surface area contributed by atoms with Gasteiger partial charge in [0, 0.05) is 59.2 Å². The lowest BCUT2D eigenvalue weighted by molar-refractivity contribution is -0.173. The first-order valence-electron chi connectivity index (χ1n) is 44.1. The minimum atomic E-state index is -0.621. The van der Waals surface area contributed by atoms with Gasteiger partial charge < -0.3 is 71.1 Å². The molecule has 0 amide bonds. The van der Waals surface area contributed by atoms with Crippen LogP contribution < -0.4 is 0 Å². The number of hydrogen-bond acceptors (Lipinski definition) is 30. The van der Waals surface area contributed by atoms with Gasteiger partial charge >= 0.3 is 89.5 Å². The number of hydrogen-bond donors (Lipinski definition) is 0. The molecule has 17 rings (SSSR count). The fourth-order valence-electron chi connectivity index (χ4n) is 22.8. The summed E-state index contributed by atoms with van der Waals surface area (Å²) in [5, 5.41) is 0. The molecular weight excluding hydrogens is 1540 g/mol. The number of methoxy groups -OCH3 is 1. The summed E-state index contributed by atoms with van der Waals surface area (Å²) in [5.41, 5.74) is -0.621. The first-order chi connectivity index (χ1) is 56.1. The van der Waals surface area contributed by atoms with Crippen molar-refractivity contribution in [3.63, 3.8) is 0 Å². The second-order valence-electron chi connectivity index (χ2n) is 37.5. The third-order valence-corrected chi connectivity index (χ3v) is 29.7. The normalized spacial score (nSPS) is 39.6. The Labute approximate surface area is 689 Å². The van der Waals surface area contributed by atoms with E-state index in [1.807, 2.05) is 62.3 Å². The maximum atomic E-state index is 12.9. The smallest absolute Gasteiger partial charge is 0.310 e. The maximum absolute atomic E-state index is 12.9. The number of esters is 15. The average Bonchev–Trinajstić information content (AvgIpc) is 1.48. The number of carbonyl (C=O) groups excluding carboxylic acids is 15. The molecule has 17 fully saturated rings. The highest BCUT2D eigenvalue weighted by atomic mass is 16.6. The zero-order valence-electron chi connectivity index (χ0n) is 70.8. The third-order valence-electron chi connectivity index (χ3n) is 29.7. The van der Waals surface area contributed by atoms with E-state index < -0.39 is 107 Å². The van der Waals surface area contributed by atoms with E-state index in [0.29, 0.717) is 64.2 Å². The zero-order valence-corrected chi connectivity index (χ0v) is 70.8. The van der Waals surface area contributed by atoms with Crippen LogP contribution in [-0.2, 0) is 143 Å². The van der Waals surface area contributed by atoms with Crippen molar-refractivity contribution in [2.24, 2.45) is 148 Å². The predicted molar refractivity (Wildman–Crippen MR) is 405 cm³/mol. The molecule has 0 aromatic rings. The van der Waals surface area contributed by atoms with Crippen molar-refractivity contribution in [2.45, 2.75) is 298 Å². The number of rotatable bonds is 23. The van der Waals surface area contributed by atoms with E-state index in [4.69, 9.17) is 71.1 Å². The van der Waals surface area contributed by atoms with Crippen LogP contribution in [0.25, 0.3) is 0 Å². The van der Waals surface area contributed by atoms with E-state index in [0.717, 1.165) is 51.4 Å². The first-order valence-corrected chi connectivity index (χ1v) is 44.1. The van der Waals surface area contributed by atoms with Gasteiger partial charge in [-0.25, -0.2) is 0 Å². The van der Waals surface area contributed by atoms with Gasteiger partial charge in [-0.1, -0.05) is 75.7 Å². The summed E-state index contributed by atoms with van der Waals surface area (Å²) >= 11 is 0. The van der Waals surface area contributed by atoms with E-state index >= 15 is 0 Å². The second-order valence-corrected chi connectivity index (χ2v) is 37.5. The molecule has 10 bridgehead atoms. The molecule has 35 unspecified atom stereocenters. The van der Waals surface area contributed by atoms with Crippen LogP contribution in [-0.4, -0.2) is 182 Å².